The minimum absolute atomic E-state index is 0.334. The monoisotopic (exact) mass is 363 g/mol. The number of nitrogens with zero attached hydrogens (tertiary/aromatic N) is 1. The maximum absolute atomic E-state index is 12.0. The molecule has 1 aromatic carbocycles. The second-order valence-corrected chi connectivity index (χ2v) is 5.32. The Morgan fingerprint density at radius 2 is 1.94 bits per heavy atom. The molecule has 1 aromatic rings. The smallest absolute Gasteiger partial charge is 0.326 e. The number of rotatable bonds is 3. The molecule has 0 bridgehead atoms. The largest absolute Gasteiger partial charge is 0.480 e. The third-order valence-electron chi connectivity index (χ3n) is 2.42. The summed E-state index contributed by atoms with van der Waals surface area (Å²) in [5.41, 5.74) is 0.434. The van der Waals surface area contributed by atoms with Crippen molar-refractivity contribution in [2.75, 3.05) is 7.05 Å². The molecule has 0 aliphatic rings. The molecule has 0 fully saturated rings. The van der Waals surface area contributed by atoms with E-state index >= 15 is 0 Å². The normalized spacial score (nSPS) is 12.0. The van der Waals surface area contributed by atoms with E-state index in [0.717, 1.165) is 4.47 Å². The van der Waals surface area contributed by atoms with Crippen LogP contribution in [-0.2, 0) is 4.79 Å². The Kier molecular flexibility index (Phi) is 4.70. The molecule has 0 spiro atoms. The summed E-state index contributed by atoms with van der Waals surface area (Å²) in [6.07, 6.45) is 0. The summed E-state index contributed by atoms with van der Waals surface area (Å²) < 4.78 is 1.47. The SMILES string of the molecule is CC(C(=O)O)N(C)C(=O)c1ccc(Br)cc1Br. The molecule has 0 heterocycles. The number of halogens is 2. The number of likely N-dealkylation sites (N-methyl/N-ethyl adjacent to an activating group) is 1. The van der Waals surface area contributed by atoms with Gasteiger partial charge in [-0.05, 0) is 41.1 Å². The summed E-state index contributed by atoms with van der Waals surface area (Å²) in [7, 11) is 1.47. The van der Waals surface area contributed by atoms with Crippen molar-refractivity contribution in [2.45, 2.75) is 13.0 Å². The standard InChI is InChI=1S/C11H11Br2NO3/c1-6(11(16)17)14(2)10(15)8-4-3-7(12)5-9(8)13/h3-6H,1-2H3,(H,16,17). The molecule has 92 valence electrons. The Balaban J connectivity index is 3.00. The molecule has 1 amide bonds. The number of benzene rings is 1. The van der Waals surface area contributed by atoms with Gasteiger partial charge in [0, 0.05) is 16.0 Å². The van der Waals surface area contributed by atoms with Crippen LogP contribution >= 0.6 is 31.9 Å². The molecular weight excluding hydrogens is 354 g/mol. The van der Waals surface area contributed by atoms with E-state index < -0.39 is 12.0 Å². The summed E-state index contributed by atoms with van der Waals surface area (Å²) in [6.45, 7) is 1.47. The molecule has 1 atom stereocenters. The third kappa shape index (κ3) is 3.29. The first-order chi connectivity index (χ1) is 7.84. The van der Waals surface area contributed by atoms with Crippen molar-refractivity contribution in [3.05, 3.63) is 32.7 Å². The van der Waals surface area contributed by atoms with Gasteiger partial charge in [-0.2, -0.15) is 0 Å². The zero-order chi connectivity index (χ0) is 13.2. The fraction of sp³-hybridized carbons (Fsp3) is 0.273. The highest BCUT2D eigenvalue weighted by atomic mass is 79.9. The minimum Gasteiger partial charge on any atom is -0.480 e. The molecule has 1 N–H and O–H groups in total. The van der Waals surface area contributed by atoms with Gasteiger partial charge >= 0.3 is 5.97 Å². The molecule has 0 aliphatic heterocycles. The lowest BCUT2D eigenvalue weighted by molar-refractivity contribution is -0.141. The Morgan fingerprint density at radius 1 is 1.35 bits per heavy atom. The second kappa shape index (κ2) is 5.64. The molecule has 1 unspecified atom stereocenters. The average Bonchev–Trinajstić information content (AvgIpc) is 2.26. The van der Waals surface area contributed by atoms with E-state index in [1.807, 2.05) is 0 Å². The number of carboxylic acid groups (broad SMARTS) is 1. The van der Waals surface area contributed by atoms with Gasteiger partial charge in [0.1, 0.15) is 6.04 Å². The number of carbonyl (C=O) groups excluding carboxylic acids is 1. The number of carbonyl (C=O) groups is 2. The fourth-order valence-corrected chi connectivity index (χ4v) is 2.41. The molecule has 0 aromatic heterocycles. The first-order valence-corrected chi connectivity index (χ1v) is 6.38. The highest BCUT2D eigenvalue weighted by Gasteiger charge is 2.23. The topological polar surface area (TPSA) is 57.6 Å². The fourth-order valence-electron chi connectivity index (χ4n) is 1.19. The number of hydrogen-bond donors (Lipinski definition) is 1. The Morgan fingerprint density at radius 3 is 2.41 bits per heavy atom. The summed E-state index contributed by atoms with van der Waals surface area (Å²) in [6, 6.07) is 4.25. The number of aliphatic carboxylic acids is 1. The van der Waals surface area contributed by atoms with Gasteiger partial charge in [0.15, 0.2) is 0 Å². The van der Waals surface area contributed by atoms with Crippen molar-refractivity contribution in [1.82, 2.24) is 4.90 Å². The van der Waals surface area contributed by atoms with Crippen LogP contribution < -0.4 is 0 Å². The van der Waals surface area contributed by atoms with Gasteiger partial charge in [-0.15, -0.1) is 0 Å². The minimum atomic E-state index is -1.03. The van der Waals surface area contributed by atoms with Crippen molar-refractivity contribution < 1.29 is 14.7 Å². The summed E-state index contributed by atoms with van der Waals surface area (Å²) >= 11 is 6.56. The van der Waals surface area contributed by atoms with Crippen molar-refractivity contribution in [3.63, 3.8) is 0 Å². The first kappa shape index (κ1) is 14.2. The van der Waals surface area contributed by atoms with E-state index in [4.69, 9.17) is 5.11 Å². The van der Waals surface area contributed by atoms with E-state index in [9.17, 15) is 9.59 Å². The van der Waals surface area contributed by atoms with Crippen LogP contribution in [0.5, 0.6) is 0 Å². The van der Waals surface area contributed by atoms with Crippen molar-refractivity contribution >= 4 is 43.7 Å². The summed E-state index contributed by atoms with van der Waals surface area (Å²) in [5, 5.41) is 8.85. The van der Waals surface area contributed by atoms with E-state index in [2.05, 4.69) is 31.9 Å². The molecule has 1 rings (SSSR count). The first-order valence-electron chi connectivity index (χ1n) is 4.79. The van der Waals surface area contributed by atoms with Gasteiger partial charge in [-0.25, -0.2) is 4.79 Å². The van der Waals surface area contributed by atoms with Crippen LogP contribution in [0.3, 0.4) is 0 Å². The maximum Gasteiger partial charge on any atom is 0.326 e. The van der Waals surface area contributed by atoms with Gasteiger partial charge < -0.3 is 10.0 Å². The Hall–Kier alpha value is -0.880. The predicted molar refractivity (Wildman–Crippen MR) is 71.0 cm³/mol. The van der Waals surface area contributed by atoms with Crippen LogP contribution in [0, 0.1) is 0 Å². The quantitative estimate of drug-likeness (QED) is 0.897. The van der Waals surface area contributed by atoms with Crippen LogP contribution in [-0.4, -0.2) is 35.0 Å². The molecule has 0 aliphatic carbocycles. The molecule has 4 nitrogen and oxygen atoms in total. The van der Waals surface area contributed by atoms with Crippen LogP contribution in [0.25, 0.3) is 0 Å². The van der Waals surface area contributed by atoms with Gasteiger partial charge in [0.05, 0.1) is 5.56 Å². The predicted octanol–water partition coefficient (Wildman–Crippen LogP) is 2.76. The van der Waals surface area contributed by atoms with Crippen LogP contribution in [0.15, 0.2) is 27.1 Å². The highest BCUT2D eigenvalue weighted by molar-refractivity contribution is 9.11. The van der Waals surface area contributed by atoms with Crippen molar-refractivity contribution in [3.8, 4) is 0 Å². The number of carboxylic acids is 1. The Labute approximate surface area is 116 Å². The lowest BCUT2D eigenvalue weighted by atomic mass is 10.2. The van der Waals surface area contributed by atoms with Gasteiger partial charge in [-0.1, -0.05) is 15.9 Å². The number of hydrogen-bond acceptors (Lipinski definition) is 2. The van der Waals surface area contributed by atoms with Crippen LogP contribution in [0.4, 0.5) is 0 Å². The lowest BCUT2D eigenvalue weighted by Crippen LogP contribution is -2.40. The molecular formula is C11H11Br2NO3. The van der Waals surface area contributed by atoms with E-state index in [1.165, 1.54) is 18.9 Å². The van der Waals surface area contributed by atoms with Crippen LogP contribution in [0.2, 0.25) is 0 Å². The van der Waals surface area contributed by atoms with Gasteiger partial charge in [0.25, 0.3) is 5.91 Å². The van der Waals surface area contributed by atoms with E-state index in [1.54, 1.807) is 18.2 Å². The summed E-state index contributed by atoms with van der Waals surface area (Å²) in [5.74, 6) is -1.37. The molecule has 0 saturated heterocycles. The third-order valence-corrected chi connectivity index (χ3v) is 3.57. The van der Waals surface area contributed by atoms with Crippen LogP contribution in [0.1, 0.15) is 17.3 Å². The maximum atomic E-state index is 12.0. The van der Waals surface area contributed by atoms with Gasteiger partial charge in [-0.3, -0.25) is 4.79 Å². The summed E-state index contributed by atoms with van der Waals surface area (Å²) in [4.78, 5) is 24.0. The molecule has 0 radical (unpaired) electrons. The molecule has 6 heteroatoms. The van der Waals surface area contributed by atoms with E-state index in [0.29, 0.717) is 10.0 Å². The van der Waals surface area contributed by atoms with Crippen molar-refractivity contribution in [1.29, 1.82) is 0 Å². The van der Waals surface area contributed by atoms with Crippen molar-refractivity contribution in [2.24, 2.45) is 0 Å². The highest BCUT2D eigenvalue weighted by Crippen LogP contribution is 2.23. The zero-order valence-electron chi connectivity index (χ0n) is 9.28. The zero-order valence-corrected chi connectivity index (χ0v) is 12.4. The molecule has 17 heavy (non-hydrogen) atoms. The average molecular weight is 365 g/mol. The van der Waals surface area contributed by atoms with Gasteiger partial charge in [0.2, 0.25) is 0 Å². The lowest BCUT2D eigenvalue weighted by Gasteiger charge is -2.22. The second-order valence-electron chi connectivity index (χ2n) is 3.55. The molecule has 0 saturated carbocycles. The van der Waals surface area contributed by atoms with E-state index in [-0.39, 0.29) is 5.91 Å². The Bertz CT molecular complexity index is 462. The number of amides is 1.